The highest BCUT2D eigenvalue weighted by Crippen LogP contribution is 2.12. The lowest BCUT2D eigenvalue weighted by Gasteiger charge is -2.10. The van der Waals surface area contributed by atoms with Crippen LogP contribution in [0.4, 0.5) is 13.2 Å². The molecular weight excluding hydrogens is 303 g/mol. The number of carbonyl (C=O) groups is 2. The van der Waals surface area contributed by atoms with Crippen LogP contribution in [-0.4, -0.2) is 42.5 Å². The topological polar surface area (TPSA) is 90.8 Å². The highest BCUT2D eigenvalue weighted by atomic mass is 19.4. The number of nitrogens with zero attached hydrogens (tertiary/aromatic N) is 1. The number of amides is 2. The van der Waals surface area contributed by atoms with Crippen LogP contribution in [0.1, 0.15) is 21.5 Å². The number of halogens is 3. The van der Waals surface area contributed by atoms with Crippen LogP contribution in [0.2, 0.25) is 0 Å². The number of rotatable bonds is 5. The van der Waals surface area contributed by atoms with E-state index in [0.29, 0.717) is 11.1 Å². The predicted octanol–water partition coefficient (Wildman–Crippen LogP) is 1.21. The van der Waals surface area contributed by atoms with E-state index in [-0.39, 0.29) is 5.56 Å². The minimum Gasteiger partial charge on any atom is -0.411 e. The van der Waals surface area contributed by atoms with Gasteiger partial charge in [0.25, 0.3) is 5.91 Å². The summed E-state index contributed by atoms with van der Waals surface area (Å²) in [5.41, 5.74) is 1.39. The normalized spacial score (nSPS) is 11.5. The van der Waals surface area contributed by atoms with Gasteiger partial charge in [-0.3, -0.25) is 9.59 Å². The molecule has 6 nitrogen and oxygen atoms in total. The Bertz CT molecular complexity index is 586. The number of nitrogens with one attached hydrogen (secondary N) is 2. The second-order valence-electron chi connectivity index (χ2n) is 4.39. The molecule has 0 fully saturated rings. The summed E-state index contributed by atoms with van der Waals surface area (Å²) >= 11 is 0. The molecule has 1 aromatic rings. The Morgan fingerprint density at radius 2 is 2.00 bits per heavy atom. The molecule has 2 amide bonds. The molecule has 0 bridgehead atoms. The van der Waals surface area contributed by atoms with Crippen molar-refractivity contribution >= 4 is 18.0 Å². The molecular formula is C13H14F3N3O3. The maximum absolute atomic E-state index is 11.9. The van der Waals surface area contributed by atoms with Gasteiger partial charge < -0.3 is 15.8 Å². The molecule has 3 N–H and O–H groups in total. The highest BCUT2D eigenvalue weighted by molar-refractivity contribution is 5.98. The van der Waals surface area contributed by atoms with E-state index in [1.807, 2.05) is 0 Å². The molecule has 0 unspecified atom stereocenters. The standard InChI is InChI=1S/C13H14F3N3O3/c1-8-4-9(5-19-22)2-3-10(8)12(21)17-6-11(20)18-7-13(14,15)16/h2-5,22H,6-7H2,1H3,(H,17,21)(H,18,20)/b19-5+. The smallest absolute Gasteiger partial charge is 0.405 e. The molecule has 0 aliphatic carbocycles. The lowest BCUT2D eigenvalue weighted by atomic mass is 10.0. The van der Waals surface area contributed by atoms with Gasteiger partial charge in [-0.1, -0.05) is 11.2 Å². The lowest BCUT2D eigenvalue weighted by molar-refractivity contribution is -0.137. The fraction of sp³-hybridized carbons (Fsp3) is 0.308. The number of hydrogen-bond acceptors (Lipinski definition) is 4. The summed E-state index contributed by atoms with van der Waals surface area (Å²) in [6.45, 7) is -0.378. The molecule has 1 aromatic carbocycles. The Morgan fingerprint density at radius 1 is 1.32 bits per heavy atom. The Morgan fingerprint density at radius 3 is 2.55 bits per heavy atom. The summed E-state index contributed by atoms with van der Waals surface area (Å²) in [5, 5.41) is 15.1. The van der Waals surface area contributed by atoms with E-state index in [4.69, 9.17) is 5.21 Å². The lowest BCUT2D eigenvalue weighted by Crippen LogP contribution is -2.41. The molecule has 0 atom stereocenters. The van der Waals surface area contributed by atoms with Crippen molar-refractivity contribution in [2.75, 3.05) is 13.1 Å². The van der Waals surface area contributed by atoms with Crippen molar-refractivity contribution in [2.24, 2.45) is 5.16 Å². The van der Waals surface area contributed by atoms with E-state index in [0.717, 1.165) is 0 Å². The van der Waals surface area contributed by atoms with Crippen LogP contribution in [-0.2, 0) is 4.79 Å². The second kappa shape index (κ2) is 7.43. The van der Waals surface area contributed by atoms with E-state index in [9.17, 15) is 22.8 Å². The van der Waals surface area contributed by atoms with E-state index < -0.39 is 31.1 Å². The molecule has 0 aliphatic rings. The average molecular weight is 317 g/mol. The van der Waals surface area contributed by atoms with E-state index >= 15 is 0 Å². The molecule has 0 radical (unpaired) electrons. The van der Waals surface area contributed by atoms with Crippen LogP contribution >= 0.6 is 0 Å². The number of hydrogen-bond donors (Lipinski definition) is 3. The van der Waals surface area contributed by atoms with Gasteiger partial charge in [0.1, 0.15) is 6.54 Å². The van der Waals surface area contributed by atoms with E-state index in [1.165, 1.54) is 18.3 Å². The van der Waals surface area contributed by atoms with Gasteiger partial charge in [-0.15, -0.1) is 0 Å². The largest absolute Gasteiger partial charge is 0.411 e. The molecule has 0 saturated heterocycles. The van der Waals surface area contributed by atoms with Crippen molar-refractivity contribution in [3.8, 4) is 0 Å². The number of alkyl halides is 3. The van der Waals surface area contributed by atoms with Gasteiger partial charge in [-0.2, -0.15) is 13.2 Å². The van der Waals surface area contributed by atoms with Gasteiger partial charge in [0.05, 0.1) is 12.8 Å². The predicted molar refractivity (Wildman–Crippen MR) is 72.0 cm³/mol. The summed E-state index contributed by atoms with van der Waals surface area (Å²) in [6.07, 6.45) is -3.32. The number of carbonyl (C=O) groups excluding carboxylic acids is 2. The van der Waals surface area contributed by atoms with Crippen molar-refractivity contribution in [3.05, 3.63) is 34.9 Å². The first kappa shape index (κ1) is 17.5. The zero-order valence-corrected chi connectivity index (χ0v) is 11.6. The number of aryl methyl sites for hydroxylation is 1. The van der Waals surface area contributed by atoms with Gasteiger partial charge >= 0.3 is 6.18 Å². The first-order valence-electron chi connectivity index (χ1n) is 6.12. The minimum atomic E-state index is -4.50. The third-order valence-electron chi connectivity index (χ3n) is 2.60. The molecule has 0 aliphatic heterocycles. The first-order chi connectivity index (χ1) is 10.2. The molecule has 1 rings (SSSR count). The molecule has 22 heavy (non-hydrogen) atoms. The Labute approximate surface area is 124 Å². The monoisotopic (exact) mass is 317 g/mol. The number of oxime groups is 1. The fourth-order valence-corrected chi connectivity index (χ4v) is 1.61. The summed E-state index contributed by atoms with van der Waals surface area (Å²) < 4.78 is 35.7. The van der Waals surface area contributed by atoms with Crippen molar-refractivity contribution in [2.45, 2.75) is 13.1 Å². The van der Waals surface area contributed by atoms with Crippen molar-refractivity contribution in [1.29, 1.82) is 0 Å². The SMILES string of the molecule is Cc1cc(/C=N/O)ccc1C(=O)NCC(=O)NCC(F)(F)F. The van der Waals surface area contributed by atoms with Crippen LogP contribution in [0.3, 0.4) is 0 Å². The van der Waals surface area contributed by atoms with E-state index in [1.54, 1.807) is 18.3 Å². The molecule has 9 heteroatoms. The van der Waals surface area contributed by atoms with Crippen molar-refractivity contribution in [1.82, 2.24) is 10.6 Å². The van der Waals surface area contributed by atoms with Crippen molar-refractivity contribution in [3.63, 3.8) is 0 Å². The quantitative estimate of drug-likeness (QED) is 0.433. The molecule has 0 saturated carbocycles. The maximum Gasteiger partial charge on any atom is 0.405 e. The minimum absolute atomic E-state index is 0.263. The van der Waals surface area contributed by atoms with Gasteiger partial charge in [-0.25, -0.2) is 0 Å². The van der Waals surface area contributed by atoms with Crippen LogP contribution in [0.25, 0.3) is 0 Å². The van der Waals surface area contributed by atoms with E-state index in [2.05, 4.69) is 10.5 Å². The zero-order valence-electron chi connectivity index (χ0n) is 11.6. The third-order valence-corrected chi connectivity index (χ3v) is 2.60. The molecule has 0 aromatic heterocycles. The van der Waals surface area contributed by atoms with Crippen LogP contribution < -0.4 is 10.6 Å². The summed E-state index contributed by atoms with van der Waals surface area (Å²) in [5.74, 6) is -1.53. The Hall–Kier alpha value is -2.58. The Balaban J connectivity index is 2.57. The third kappa shape index (κ3) is 5.81. The summed E-state index contributed by atoms with van der Waals surface area (Å²) in [6, 6.07) is 4.55. The first-order valence-corrected chi connectivity index (χ1v) is 6.12. The Kier molecular flexibility index (Phi) is 5.90. The van der Waals surface area contributed by atoms with Gasteiger partial charge in [0, 0.05) is 5.56 Å². The van der Waals surface area contributed by atoms with Gasteiger partial charge in [-0.05, 0) is 30.2 Å². The van der Waals surface area contributed by atoms with Gasteiger partial charge in [0.15, 0.2) is 0 Å². The van der Waals surface area contributed by atoms with Gasteiger partial charge in [0.2, 0.25) is 5.91 Å². The fourth-order valence-electron chi connectivity index (χ4n) is 1.61. The molecule has 120 valence electrons. The average Bonchev–Trinajstić information content (AvgIpc) is 2.42. The highest BCUT2D eigenvalue weighted by Gasteiger charge is 2.27. The number of benzene rings is 1. The van der Waals surface area contributed by atoms with Crippen molar-refractivity contribution < 1.29 is 28.0 Å². The van der Waals surface area contributed by atoms with Crippen LogP contribution in [0.15, 0.2) is 23.4 Å². The van der Waals surface area contributed by atoms with Crippen LogP contribution in [0, 0.1) is 6.92 Å². The molecule has 0 spiro atoms. The van der Waals surface area contributed by atoms with Crippen LogP contribution in [0.5, 0.6) is 0 Å². The summed E-state index contributed by atoms with van der Waals surface area (Å²) in [7, 11) is 0. The zero-order chi connectivity index (χ0) is 16.8. The maximum atomic E-state index is 11.9. The second-order valence-corrected chi connectivity index (χ2v) is 4.39. The molecule has 0 heterocycles. The summed E-state index contributed by atoms with van der Waals surface area (Å²) in [4.78, 5) is 23.0.